The van der Waals surface area contributed by atoms with Crippen molar-refractivity contribution in [2.24, 2.45) is 11.8 Å². The van der Waals surface area contributed by atoms with Crippen molar-refractivity contribution < 1.29 is 4.79 Å². The lowest BCUT2D eigenvalue weighted by Crippen LogP contribution is -2.17. The minimum atomic E-state index is 0.274. The molecule has 0 aromatic heterocycles. The summed E-state index contributed by atoms with van der Waals surface area (Å²) < 4.78 is 0. The lowest BCUT2D eigenvalue weighted by Gasteiger charge is -2.25. The molecule has 84 valence electrons. The van der Waals surface area contributed by atoms with Gasteiger partial charge in [0.2, 0.25) is 0 Å². The van der Waals surface area contributed by atoms with Crippen molar-refractivity contribution in [3.63, 3.8) is 0 Å². The molecule has 0 aromatic rings. The molecule has 0 bridgehead atoms. The standard InChI is InChI=1S/C14H22O/c1-4-5-14(15)10-12(3)13-8-6-11(2)7-9-13/h4-6,12-13H,7-10H2,1-3H3/b5-4+. The molecule has 0 spiro atoms. The van der Waals surface area contributed by atoms with Crippen LogP contribution in [0.4, 0.5) is 0 Å². The number of carbonyl (C=O) groups is 1. The van der Waals surface area contributed by atoms with Crippen LogP contribution in [0.1, 0.15) is 46.5 Å². The molecule has 1 aliphatic rings. The fourth-order valence-corrected chi connectivity index (χ4v) is 2.24. The van der Waals surface area contributed by atoms with Gasteiger partial charge < -0.3 is 0 Å². The van der Waals surface area contributed by atoms with Crippen LogP contribution in [0.2, 0.25) is 0 Å². The van der Waals surface area contributed by atoms with Gasteiger partial charge in [-0.15, -0.1) is 0 Å². The summed E-state index contributed by atoms with van der Waals surface area (Å²) >= 11 is 0. The summed E-state index contributed by atoms with van der Waals surface area (Å²) in [6.45, 7) is 6.31. The number of allylic oxidation sites excluding steroid dienone is 4. The monoisotopic (exact) mass is 206 g/mol. The van der Waals surface area contributed by atoms with Crippen LogP contribution >= 0.6 is 0 Å². The van der Waals surface area contributed by atoms with Gasteiger partial charge in [-0.3, -0.25) is 4.79 Å². The van der Waals surface area contributed by atoms with Gasteiger partial charge in [0.15, 0.2) is 5.78 Å². The first-order valence-electron chi connectivity index (χ1n) is 5.94. The van der Waals surface area contributed by atoms with E-state index in [0.717, 1.165) is 6.42 Å². The normalized spacial score (nSPS) is 23.9. The molecule has 1 rings (SSSR count). The average molecular weight is 206 g/mol. The van der Waals surface area contributed by atoms with E-state index in [0.29, 0.717) is 18.3 Å². The summed E-state index contributed by atoms with van der Waals surface area (Å²) in [7, 11) is 0. The van der Waals surface area contributed by atoms with Crippen LogP contribution in [0.3, 0.4) is 0 Å². The fraction of sp³-hybridized carbons (Fsp3) is 0.643. The Labute approximate surface area is 93.3 Å². The second kappa shape index (κ2) is 5.89. The Bertz CT molecular complexity index is 273. The topological polar surface area (TPSA) is 17.1 Å². The van der Waals surface area contributed by atoms with Crippen molar-refractivity contribution in [1.29, 1.82) is 0 Å². The lowest BCUT2D eigenvalue weighted by molar-refractivity contribution is -0.115. The maximum Gasteiger partial charge on any atom is 0.155 e. The van der Waals surface area contributed by atoms with Crippen LogP contribution in [0, 0.1) is 11.8 Å². The molecule has 0 radical (unpaired) electrons. The van der Waals surface area contributed by atoms with Gasteiger partial charge >= 0.3 is 0 Å². The molecule has 0 amide bonds. The van der Waals surface area contributed by atoms with Gasteiger partial charge in [-0.1, -0.05) is 24.6 Å². The van der Waals surface area contributed by atoms with Gasteiger partial charge in [-0.2, -0.15) is 0 Å². The molecule has 0 aromatic carbocycles. The first-order chi connectivity index (χ1) is 7.13. The van der Waals surface area contributed by atoms with Crippen LogP contribution in [-0.4, -0.2) is 5.78 Å². The van der Waals surface area contributed by atoms with Gasteiger partial charge in [-0.25, -0.2) is 0 Å². The van der Waals surface area contributed by atoms with E-state index in [4.69, 9.17) is 0 Å². The molecular weight excluding hydrogens is 184 g/mol. The first kappa shape index (κ1) is 12.2. The number of carbonyl (C=O) groups excluding carboxylic acids is 1. The SMILES string of the molecule is C/C=C/C(=O)CC(C)C1CC=C(C)CC1. The summed E-state index contributed by atoms with van der Waals surface area (Å²) in [6.07, 6.45) is 10.2. The van der Waals surface area contributed by atoms with E-state index in [1.807, 2.05) is 13.0 Å². The highest BCUT2D eigenvalue weighted by molar-refractivity contribution is 5.89. The van der Waals surface area contributed by atoms with Crippen LogP contribution < -0.4 is 0 Å². The summed E-state index contributed by atoms with van der Waals surface area (Å²) in [6, 6.07) is 0. The van der Waals surface area contributed by atoms with Crippen LogP contribution in [0.15, 0.2) is 23.8 Å². The van der Waals surface area contributed by atoms with Gasteiger partial charge in [0.05, 0.1) is 0 Å². The van der Waals surface area contributed by atoms with Gasteiger partial charge in [0.25, 0.3) is 0 Å². The molecule has 15 heavy (non-hydrogen) atoms. The zero-order valence-corrected chi connectivity index (χ0v) is 10.1. The van der Waals surface area contributed by atoms with E-state index < -0.39 is 0 Å². The number of ketones is 1. The minimum absolute atomic E-state index is 0.274. The molecule has 0 heterocycles. The summed E-state index contributed by atoms with van der Waals surface area (Å²) in [5.41, 5.74) is 1.51. The third-order valence-corrected chi connectivity index (χ3v) is 3.36. The Morgan fingerprint density at radius 3 is 2.93 bits per heavy atom. The molecule has 0 N–H and O–H groups in total. The lowest BCUT2D eigenvalue weighted by atomic mass is 9.80. The van der Waals surface area contributed by atoms with Crippen LogP contribution in [-0.2, 0) is 4.79 Å². The van der Waals surface area contributed by atoms with Crippen molar-refractivity contribution in [1.82, 2.24) is 0 Å². The number of rotatable bonds is 4. The predicted molar refractivity (Wildman–Crippen MR) is 64.7 cm³/mol. The third-order valence-electron chi connectivity index (χ3n) is 3.36. The summed E-state index contributed by atoms with van der Waals surface area (Å²) in [5, 5.41) is 0. The molecule has 2 unspecified atom stereocenters. The average Bonchev–Trinajstić information content (AvgIpc) is 2.18. The Kier molecular flexibility index (Phi) is 4.80. The van der Waals surface area contributed by atoms with Gasteiger partial charge in [-0.05, 0) is 51.0 Å². The molecule has 1 heteroatoms. The van der Waals surface area contributed by atoms with Crippen molar-refractivity contribution in [2.45, 2.75) is 46.5 Å². The van der Waals surface area contributed by atoms with Gasteiger partial charge in [0, 0.05) is 6.42 Å². The van der Waals surface area contributed by atoms with E-state index >= 15 is 0 Å². The maximum absolute atomic E-state index is 11.5. The van der Waals surface area contributed by atoms with Crippen molar-refractivity contribution >= 4 is 5.78 Å². The smallest absolute Gasteiger partial charge is 0.155 e. The van der Waals surface area contributed by atoms with E-state index in [1.54, 1.807) is 6.08 Å². The first-order valence-corrected chi connectivity index (χ1v) is 5.94. The highest BCUT2D eigenvalue weighted by Crippen LogP contribution is 2.30. The van der Waals surface area contributed by atoms with E-state index in [9.17, 15) is 4.79 Å². The van der Waals surface area contributed by atoms with Crippen molar-refractivity contribution in [3.8, 4) is 0 Å². The second-order valence-corrected chi connectivity index (χ2v) is 4.73. The Balaban J connectivity index is 2.41. The highest BCUT2D eigenvalue weighted by atomic mass is 16.1. The van der Waals surface area contributed by atoms with Crippen LogP contribution in [0.5, 0.6) is 0 Å². The van der Waals surface area contributed by atoms with Gasteiger partial charge in [0.1, 0.15) is 0 Å². The van der Waals surface area contributed by atoms with Crippen LogP contribution in [0.25, 0.3) is 0 Å². The molecule has 1 nitrogen and oxygen atoms in total. The fourth-order valence-electron chi connectivity index (χ4n) is 2.24. The second-order valence-electron chi connectivity index (χ2n) is 4.73. The zero-order valence-electron chi connectivity index (χ0n) is 10.1. The molecule has 0 saturated heterocycles. The van der Waals surface area contributed by atoms with E-state index in [1.165, 1.54) is 18.4 Å². The van der Waals surface area contributed by atoms with E-state index in [-0.39, 0.29) is 5.78 Å². The Morgan fingerprint density at radius 1 is 1.67 bits per heavy atom. The predicted octanol–water partition coefficient (Wildman–Crippen LogP) is 3.90. The van der Waals surface area contributed by atoms with E-state index in [2.05, 4.69) is 19.9 Å². The van der Waals surface area contributed by atoms with Crippen molar-refractivity contribution in [3.05, 3.63) is 23.8 Å². The zero-order chi connectivity index (χ0) is 11.3. The Hall–Kier alpha value is -0.850. The molecule has 2 atom stereocenters. The molecule has 1 aliphatic carbocycles. The molecule has 0 saturated carbocycles. The molecular formula is C14H22O. The Morgan fingerprint density at radius 2 is 2.40 bits per heavy atom. The quantitative estimate of drug-likeness (QED) is 0.503. The number of hydrogen-bond donors (Lipinski definition) is 0. The summed E-state index contributed by atoms with van der Waals surface area (Å²) in [5.74, 6) is 1.51. The molecule has 0 aliphatic heterocycles. The minimum Gasteiger partial charge on any atom is -0.295 e. The number of hydrogen-bond acceptors (Lipinski definition) is 1. The third kappa shape index (κ3) is 4.03. The largest absolute Gasteiger partial charge is 0.295 e. The summed E-state index contributed by atoms with van der Waals surface area (Å²) in [4.78, 5) is 11.5. The van der Waals surface area contributed by atoms with Crippen molar-refractivity contribution in [2.75, 3.05) is 0 Å². The molecule has 0 fully saturated rings. The highest BCUT2D eigenvalue weighted by Gasteiger charge is 2.20. The maximum atomic E-state index is 11.5.